The summed E-state index contributed by atoms with van der Waals surface area (Å²) in [6.07, 6.45) is 2.22. The molecule has 1 aromatic heterocycles. The van der Waals surface area contributed by atoms with Gasteiger partial charge in [-0.25, -0.2) is 4.98 Å². The molecule has 118 valence electrons. The molecule has 0 radical (unpaired) electrons. The molecular weight excluding hydrogens is 260 g/mol. The molecule has 1 saturated heterocycles. The van der Waals surface area contributed by atoms with Crippen LogP contribution in [0.3, 0.4) is 0 Å². The Bertz CT molecular complexity index is 412. The number of nitrogens with zero attached hydrogens (tertiary/aromatic N) is 3. The maximum atomic E-state index is 4.88. The smallest absolute Gasteiger partial charge is 0.129 e. The van der Waals surface area contributed by atoms with E-state index in [2.05, 4.69) is 48.0 Å². The minimum absolute atomic E-state index is 0.645. The van der Waals surface area contributed by atoms with E-state index in [0.717, 1.165) is 51.4 Å². The van der Waals surface area contributed by atoms with Gasteiger partial charge >= 0.3 is 0 Å². The molecule has 0 aliphatic carbocycles. The second kappa shape index (κ2) is 7.76. The lowest BCUT2D eigenvalue weighted by molar-refractivity contribution is 0.209. The number of piperazine rings is 1. The first kappa shape index (κ1) is 16.2. The zero-order chi connectivity index (χ0) is 15.2. The fourth-order valence-corrected chi connectivity index (χ4v) is 2.95. The third-order valence-electron chi connectivity index (χ3n) is 4.18. The second-order valence-electron chi connectivity index (χ2n) is 6.22. The van der Waals surface area contributed by atoms with Crippen LogP contribution in [0.15, 0.2) is 12.1 Å². The fraction of sp³-hybridized carbons (Fsp3) is 0.706. The van der Waals surface area contributed by atoms with Gasteiger partial charge in [-0.05, 0) is 45.0 Å². The van der Waals surface area contributed by atoms with E-state index in [1.54, 1.807) is 0 Å². The van der Waals surface area contributed by atoms with E-state index >= 15 is 0 Å². The van der Waals surface area contributed by atoms with E-state index in [4.69, 9.17) is 4.98 Å². The van der Waals surface area contributed by atoms with Crippen molar-refractivity contribution in [1.82, 2.24) is 15.2 Å². The van der Waals surface area contributed by atoms with Crippen LogP contribution in [0.25, 0.3) is 0 Å². The maximum Gasteiger partial charge on any atom is 0.129 e. The third kappa shape index (κ3) is 4.42. The highest BCUT2D eigenvalue weighted by atomic mass is 15.3. The van der Waals surface area contributed by atoms with Crippen molar-refractivity contribution in [3.8, 4) is 0 Å². The lowest BCUT2D eigenvalue weighted by Crippen LogP contribution is -2.49. The van der Waals surface area contributed by atoms with Crippen molar-refractivity contribution in [3.63, 3.8) is 0 Å². The lowest BCUT2D eigenvalue weighted by atomic mass is 10.1. The van der Waals surface area contributed by atoms with Crippen LogP contribution >= 0.6 is 0 Å². The monoisotopic (exact) mass is 290 g/mol. The van der Waals surface area contributed by atoms with Crippen LogP contribution in [0.4, 0.5) is 5.82 Å². The Labute approximate surface area is 129 Å². The van der Waals surface area contributed by atoms with Gasteiger partial charge in [-0.15, -0.1) is 0 Å². The van der Waals surface area contributed by atoms with Crippen LogP contribution < -0.4 is 10.2 Å². The molecule has 1 N–H and O–H groups in total. The molecule has 1 aromatic rings. The SMILES string of the molecule is CCCc1cc(CNC)cc(N2CCN(C(C)C)CC2)n1. The normalized spacial score (nSPS) is 16.7. The summed E-state index contributed by atoms with van der Waals surface area (Å²) in [6, 6.07) is 5.14. The fourth-order valence-electron chi connectivity index (χ4n) is 2.95. The van der Waals surface area contributed by atoms with E-state index in [1.807, 2.05) is 7.05 Å². The topological polar surface area (TPSA) is 31.4 Å². The van der Waals surface area contributed by atoms with E-state index in [1.165, 1.54) is 11.3 Å². The molecule has 0 bridgehead atoms. The van der Waals surface area contributed by atoms with E-state index < -0.39 is 0 Å². The predicted molar refractivity (Wildman–Crippen MR) is 89.9 cm³/mol. The first-order chi connectivity index (χ1) is 10.1. The second-order valence-corrected chi connectivity index (χ2v) is 6.22. The van der Waals surface area contributed by atoms with Gasteiger partial charge in [-0.1, -0.05) is 13.3 Å². The Morgan fingerprint density at radius 2 is 1.90 bits per heavy atom. The van der Waals surface area contributed by atoms with Crippen molar-refractivity contribution in [1.29, 1.82) is 0 Å². The van der Waals surface area contributed by atoms with Gasteiger partial charge in [0.05, 0.1) is 0 Å². The molecule has 2 rings (SSSR count). The Morgan fingerprint density at radius 3 is 2.48 bits per heavy atom. The van der Waals surface area contributed by atoms with Gasteiger partial charge in [0.2, 0.25) is 0 Å². The first-order valence-corrected chi connectivity index (χ1v) is 8.27. The summed E-state index contributed by atoms with van der Waals surface area (Å²) in [6.45, 7) is 12.1. The Hall–Kier alpha value is -1.13. The number of hydrogen-bond acceptors (Lipinski definition) is 4. The number of hydrogen-bond donors (Lipinski definition) is 1. The molecule has 0 aromatic carbocycles. The van der Waals surface area contributed by atoms with Crippen molar-refractivity contribution >= 4 is 5.82 Å². The van der Waals surface area contributed by atoms with Crippen LogP contribution in [0.2, 0.25) is 0 Å². The van der Waals surface area contributed by atoms with Gasteiger partial charge in [0.15, 0.2) is 0 Å². The number of rotatable bonds is 6. The number of aryl methyl sites for hydroxylation is 1. The molecule has 0 amide bonds. The van der Waals surface area contributed by atoms with Crippen LogP contribution in [0.5, 0.6) is 0 Å². The molecule has 1 aliphatic heterocycles. The van der Waals surface area contributed by atoms with Crippen molar-refractivity contribution < 1.29 is 0 Å². The highest BCUT2D eigenvalue weighted by Gasteiger charge is 2.20. The Kier molecular flexibility index (Phi) is 6.00. The number of pyridine rings is 1. The summed E-state index contributed by atoms with van der Waals surface area (Å²) < 4.78 is 0. The summed E-state index contributed by atoms with van der Waals surface area (Å²) in [4.78, 5) is 9.86. The predicted octanol–water partition coefficient (Wildman–Crippen LogP) is 2.28. The van der Waals surface area contributed by atoms with Gasteiger partial charge in [0.25, 0.3) is 0 Å². The van der Waals surface area contributed by atoms with Crippen molar-refractivity contribution in [2.45, 2.75) is 46.2 Å². The van der Waals surface area contributed by atoms with Crippen molar-refractivity contribution in [2.75, 3.05) is 38.1 Å². The minimum atomic E-state index is 0.645. The highest BCUT2D eigenvalue weighted by Crippen LogP contribution is 2.19. The lowest BCUT2D eigenvalue weighted by Gasteiger charge is -2.37. The molecule has 0 spiro atoms. The Morgan fingerprint density at radius 1 is 1.19 bits per heavy atom. The quantitative estimate of drug-likeness (QED) is 0.871. The number of anilines is 1. The first-order valence-electron chi connectivity index (χ1n) is 8.27. The minimum Gasteiger partial charge on any atom is -0.354 e. The van der Waals surface area contributed by atoms with Gasteiger partial charge in [0.1, 0.15) is 5.82 Å². The summed E-state index contributed by atoms with van der Waals surface area (Å²) in [5, 5.41) is 3.25. The van der Waals surface area contributed by atoms with Gasteiger partial charge in [-0.2, -0.15) is 0 Å². The Balaban J connectivity index is 2.11. The summed E-state index contributed by atoms with van der Waals surface area (Å²) in [5.41, 5.74) is 2.57. The molecule has 4 heteroatoms. The molecule has 1 fully saturated rings. The molecule has 1 aliphatic rings. The van der Waals surface area contributed by atoms with Crippen LogP contribution in [0, 0.1) is 0 Å². The number of nitrogens with one attached hydrogen (secondary N) is 1. The average molecular weight is 290 g/mol. The highest BCUT2D eigenvalue weighted by molar-refractivity contribution is 5.43. The van der Waals surface area contributed by atoms with Gasteiger partial charge in [-0.3, -0.25) is 4.90 Å². The van der Waals surface area contributed by atoms with Crippen LogP contribution in [-0.2, 0) is 13.0 Å². The number of aromatic nitrogens is 1. The summed E-state index contributed by atoms with van der Waals surface area (Å²) in [5.74, 6) is 1.16. The largest absolute Gasteiger partial charge is 0.354 e. The molecule has 0 atom stereocenters. The van der Waals surface area contributed by atoms with Gasteiger partial charge < -0.3 is 10.2 Å². The molecular formula is C17H30N4. The zero-order valence-electron chi connectivity index (χ0n) is 14.0. The molecule has 2 heterocycles. The van der Waals surface area contributed by atoms with Crippen molar-refractivity contribution in [3.05, 3.63) is 23.4 Å². The van der Waals surface area contributed by atoms with Crippen LogP contribution in [0.1, 0.15) is 38.4 Å². The average Bonchev–Trinajstić information content (AvgIpc) is 2.48. The molecule has 0 saturated carbocycles. The molecule has 4 nitrogen and oxygen atoms in total. The van der Waals surface area contributed by atoms with E-state index in [-0.39, 0.29) is 0 Å². The third-order valence-corrected chi connectivity index (χ3v) is 4.18. The summed E-state index contributed by atoms with van der Waals surface area (Å²) in [7, 11) is 2.00. The van der Waals surface area contributed by atoms with E-state index in [0.29, 0.717) is 6.04 Å². The standard InChI is InChI=1S/C17H30N4/c1-5-6-16-11-15(13-18-4)12-17(19-16)21-9-7-20(8-10-21)14(2)3/h11-12,14,18H,5-10,13H2,1-4H3. The maximum absolute atomic E-state index is 4.88. The molecule has 21 heavy (non-hydrogen) atoms. The summed E-state index contributed by atoms with van der Waals surface area (Å²) >= 11 is 0. The van der Waals surface area contributed by atoms with E-state index in [9.17, 15) is 0 Å². The van der Waals surface area contributed by atoms with Crippen LogP contribution in [-0.4, -0.2) is 49.2 Å². The zero-order valence-corrected chi connectivity index (χ0v) is 14.0. The van der Waals surface area contributed by atoms with Crippen molar-refractivity contribution in [2.24, 2.45) is 0 Å². The van der Waals surface area contributed by atoms with Gasteiger partial charge in [0, 0.05) is 44.5 Å². The molecule has 0 unspecified atom stereocenters.